The number of hydrogen-bond acceptors (Lipinski definition) is 2. The van der Waals surface area contributed by atoms with Crippen molar-refractivity contribution >= 4 is 21.6 Å². The maximum atomic E-state index is 5.71. The Hall–Kier alpha value is -0.570. The van der Waals surface area contributed by atoms with Crippen LogP contribution in [0.15, 0.2) is 10.7 Å². The van der Waals surface area contributed by atoms with Gasteiger partial charge in [0.2, 0.25) is 0 Å². The number of halogens is 1. The van der Waals surface area contributed by atoms with Gasteiger partial charge < -0.3 is 5.73 Å². The van der Waals surface area contributed by atoms with E-state index in [0.29, 0.717) is 0 Å². The molecule has 1 heterocycles. The van der Waals surface area contributed by atoms with Crippen molar-refractivity contribution < 1.29 is 0 Å². The van der Waals surface area contributed by atoms with Crippen LogP contribution in [0, 0.1) is 6.92 Å². The molecule has 0 saturated carbocycles. The maximum Gasteiger partial charge on any atom is 0.0544 e. The molecule has 60 valence electrons. The fraction of sp³-hybridized carbons (Fsp3) is 0.375. The van der Waals surface area contributed by atoms with Gasteiger partial charge in [0.05, 0.1) is 17.6 Å². The summed E-state index contributed by atoms with van der Waals surface area (Å²) in [5, 5.41) is 0. The van der Waals surface area contributed by atoms with Crippen LogP contribution < -0.4 is 5.73 Å². The van der Waals surface area contributed by atoms with Crippen LogP contribution in [-0.2, 0) is 6.42 Å². The van der Waals surface area contributed by atoms with Gasteiger partial charge in [-0.2, -0.15) is 0 Å². The Morgan fingerprint density at radius 1 is 1.64 bits per heavy atom. The maximum absolute atomic E-state index is 5.71. The van der Waals surface area contributed by atoms with Crippen LogP contribution in [-0.4, -0.2) is 4.98 Å². The summed E-state index contributed by atoms with van der Waals surface area (Å²) in [7, 11) is 0. The number of anilines is 1. The summed E-state index contributed by atoms with van der Waals surface area (Å²) in [6.07, 6.45) is 2.65. The molecular formula is C8H11BrN2. The summed E-state index contributed by atoms with van der Waals surface area (Å²) in [5.74, 6) is 0. The average molecular weight is 215 g/mol. The molecular weight excluding hydrogens is 204 g/mol. The van der Waals surface area contributed by atoms with E-state index in [-0.39, 0.29) is 0 Å². The fourth-order valence-electron chi connectivity index (χ4n) is 1.01. The zero-order chi connectivity index (χ0) is 8.43. The number of aryl methyl sites for hydroxylation is 1. The number of hydrogen-bond donors (Lipinski definition) is 1. The molecule has 0 aliphatic heterocycles. The van der Waals surface area contributed by atoms with Gasteiger partial charge in [0, 0.05) is 4.47 Å². The standard InChI is InChI=1S/C8H11BrN2/c1-3-6-7(10)4-11-5(2)8(6)9/h4H,3,10H2,1-2H3. The SMILES string of the molecule is CCc1c(N)cnc(C)c1Br. The lowest BCUT2D eigenvalue weighted by molar-refractivity contribution is 1.07. The van der Waals surface area contributed by atoms with E-state index in [9.17, 15) is 0 Å². The van der Waals surface area contributed by atoms with E-state index in [1.54, 1.807) is 6.20 Å². The average Bonchev–Trinajstić information content (AvgIpc) is 1.99. The molecule has 0 bridgehead atoms. The summed E-state index contributed by atoms with van der Waals surface area (Å²) in [6.45, 7) is 4.04. The van der Waals surface area contributed by atoms with Crippen molar-refractivity contribution in [1.82, 2.24) is 4.98 Å². The normalized spacial score (nSPS) is 10.1. The fourth-order valence-corrected chi connectivity index (χ4v) is 1.62. The molecule has 0 unspecified atom stereocenters. The Morgan fingerprint density at radius 3 is 2.73 bits per heavy atom. The third kappa shape index (κ3) is 1.53. The van der Waals surface area contributed by atoms with Crippen molar-refractivity contribution in [2.75, 3.05) is 5.73 Å². The second kappa shape index (κ2) is 3.22. The van der Waals surface area contributed by atoms with Gasteiger partial charge in [-0.25, -0.2) is 0 Å². The van der Waals surface area contributed by atoms with E-state index in [1.807, 2.05) is 6.92 Å². The van der Waals surface area contributed by atoms with Crippen LogP contribution in [0.3, 0.4) is 0 Å². The van der Waals surface area contributed by atoms with Gasteiger partial charge in [-0.15, -0.1) is 0 Å². The van der Waals surface area contributed by atoms with Crippen LogP contribution in [0.2, 0.25) is 0 Å². The third-order valence-electron chi connectivity index (χ3n) is 1.68. The summed E-state index contributed by atoms with van der Waals surface area (Å²) >= 11 is 3.45. The lowest BCUT2D eigenvalue weighted by Gasteiger charge is -2.06. The van der Waals surface area contributed by atoms with Crippen LogP contribution in [0.4, 0.5) is 5.69 Å². The highest BCUT2D eigenvalue weighted by Crippen LogP contribution is 2.24. The molecule has 3 heteroatoms. The molecule has 1 rings (SSSR count). The second-order valence-corrected chi connectivity index (χ2v) is 3.24. The van der Waals surface area contributed by atoms with Gasteiger partial charge in [0.15, 0.2) is 0 Å². The van der Waals surface area contributed by atoms with Crippen molar-refractivity contribution in [2.24, 2.45) is 0 Å². The largest absolute Gasteiger partial charge is 0.397 e. The van der Waals surface area contributed by atoms with Gasteiger partial charge >= 0.3 is 0 Å². The van der Waals surface area contributed by atoms with Crippen molar-refractivity contribution in [3.8, 4) is 0 Å². The molecule has 0 aliphatic rings. The number of nitrogens with two attached hydrogens (primary N) is 1. The summed E-state index contributed by atoms with van der Waals surface area (Å²) in [5.41, 5.74) is 8.62. The molecule has 0 saturated heterocycles. The highest BCUT2D eigenvalue weighted by atomic mass is 79.9. The molecule has 1 aromatic rings. The monoisotopic (exact) mass is 214 g/mol. The van der Waals surface area contributed by atoms with Gasteiger partial charge in [0.1, 0.15) is 0 Å². The third-order valence-corrected chi connectivity index (χ3v) is 2.73. The van der Waals surface area contributed by atoms with Crippen molar-refractivity contribution in [3.05, 3.63) is 21.9 Å². The number of rotatable bonds is 1. The van der Waals surface area contributed by atoms with E-state index < -0.39 is 0 Å². The van der Waals surface area contributed by atoms with E-state index in [4.69, 9.17) is 5.73 Å². The Morgan fingerprint density at radius 2 is 2.27 bits per heavy atom. The molecule has 0 fully saturated rings. The first-order chi connectivity index (χ1) is 5.16. The molecule has 0 aromatic carbocycles. The molecule has 2 nitrogen and oxygen atoms in total. The number of nitrogens with zero attached hydrogens (tertiary/aromatic N) is 1. The van der Waals surface area contributed by atoms with E-state index in [2.05, 4.69) is 27.8 Å². The Bertz CT molecular complexity index is 271. The first kappa shape index (κ1) is 8.53. The lowest BCUT2D eigenvalue weighted by atomic mass is 10.1. The zero-order valence-corrected chi connectivity index (χ0v) is 8.27. The predicted octanol–water partition coefficient (Wildman–Crippen LogP) is 2.30. The molecule has 0 spiro atoms. The van der Waals surface area contributed by atoms with Gasteiger partial charge in [-0.1, -0.05) is 6.92 Å². The Kier molecular flexibility index (Phi) is 2.49. The van der Waals surface area contributed by atoms with Gasteiger partial charge in [0.25, 0.3) is 0 Å². The van der Waals surface area contributed by atoms with Crippen LogP contribution in [0.5, 0.6) is 0 Å². The molecule has 2 N–H and O–H groups in total. The topological polar surface area (TPSA) is 38.9 Å². The molecule has 1 aromatic heterocycles. The predicted molar refractivity (Wildman–Crippen MR) is 50.5 cm³/mol. The van der Waals surface area contributed by atoms with E-state index in [0.717, 1.165) is 27.8 Å². The van der Waals surface area contributed by atoms with Crippen molar-refractivity contribution in [2.45, 2.75) is 20.3 Å². The minimum atomic E-state index is 0.768. The molecule has 0 amide bonds. The minimum absolute atomic E-state index is 0.768. The first-order valence-corrected chi connectivity index (χ1v) is 4.35. The van der Waals surface area contributed by atoms with Gasteiger partial charge in [-0.3, -0.25) is 4.98 Å². The number of aromatic nitrogens is 1. The minimum Gasteiger partial charge on any atom is -0.397 e. The van der Waals surface area contributed by atoms with Crippen LogP contribution in [0.1, 0.15) is 18.2 Å². The van der Waals surface area contributed by atoms with E-state index >= 15 is 0 Å². The highest BCUT2D eigenvalue weighted by molar-refractivity contribution is 9.10. The Labute approximate surface area is 75.0 Å². The van der Waals surface area contributed by atoms with Crippen molar-refractivity contribution in [3.63, 3.8) is 0 Å². The quantitative estimate of drug-likeness (QED) is 0.780. The Balaban J connectivity index is 3.29. The van der Waals surface area contributed by atoms with E-state index in [1.165, 1.54) is 0 Å². The summed E-state index contributed by atoms with van der Waals surface area (Å²) < 4.78 is 1.04. The summed E-state index contributed by atoms with van der Waals surface area (Å²) in [6, 6.07) is 0. The molecule has 0 radical (unpaired) electrons. The lowest BCUT2D eigenvalue weighted by Crippen LogP contribution is -1.97. The van der Waals surface area contributed by atoms with Crippen LogP contribution in [0.25, 0.3) is 0 Å². The highest BCUT2D eigenvalue weighted by Gasteiger charge is 2.04. The number of nitrogen functional groups attached to an aromatic ring is 1. The van der Waals surface area contributed by atoms with Crippen molar-refractivity contribution in [1.29, 1.82) is 0 Å². The smallest absolute Gasteiger partial charge is 0.0544 e. The number of pyridine rings is 1. The molecule has 0 atom stereocenters. The molecule has 11 heavy (non-hydrogen) atoms. The second-order valence-electron chi connectivity index (χ2n) is 2.45. The van der Waals surface area contributed by atoms with Gasteiger partial charge in [-0.05, 0) is 34.8 Å². The zero-order valence-electron chi connectivity index (χ0n) is 6.69. The first-order valence-electron chi connectivity index (χ1n) is 3.56. The van der Waals surface area contributed by atoms with Crippen LogP contribution >= 0.6 is 15.9 Å². The molecule has 0 aliphatic carbocycles. The summed E-state index contributed by atoms with van der Waals surface area (Å²) in [4.78, 5) is 4.11.